The smallest absolute Gasteiger partial charge is 0.346 e. The molecular weight excluding hydrogens is 830 g/mol. The van der Waals surface area contributed by atoms with E-state index in [1.807, 2.05) is 0 Å². The van der Waals surface area contributed by atoms with Crippen molar-refractivity contribution < 1.29 is 43.9 Å². The van der Waals surface area contributed by atoms with Crippen molar-refractivity contribution in [2.24, 2.45) is 20.0 Å². The van der Waals surface area contributed by atoms with E-state index in [2.05, 4.69) is 25.3 Å². The number of pyridine rings is 1. The fourth-order valence-corrected chi connectivity index (χ4v) is 9.39. The second-order valence-corrected chi connectivity index (χ2v) is 17.4. The minimum atomic E-state index is -5.07. The van der Waals surface area contributed by atoms with Crippen LogP contribution >= 0.6 is 11.3 Å². The average molecular weight is 859 g/mol. The number of aromatic nitrogens is 8. The molecular formula is C37H29F7N10O3S2. The topological polar surface area (TPSA) is 155 Å². The van der Waals surface area contributed by atoms with Crippen molar-refractivity contribution in [3.05, 3.63) is 94.7 Å². The summed E-state index contributed by atoms with van der Waals surface area (Å²) in [7, 11) is -0.485. The Morgan fingerprint density at radius 1 is 1.05 bits per heavy atom. The number of carbonyl (C=O) groups excluding carboxylic acids is 1. The molecule has 1 saturated carbocycles. The average Bonchev–Trinajstić information content (AvgIpc) is 3.43. The number of benzene rings is 2. The molecule has 0 bridgehead atoms. The summed E-state index contributed by atoms with van der Waals surface area (Å²) in [5.74, 6) is -8.96. The largest absolute Gasteiger partial charge is 0.435 e. The van der Waals surface area contributed by atoms with Gasteiger partial charge in [-0.3, -0.25) is 23.6 Å². The van der Waals surface area contributed by atoms with Gasteiger partial charge in [-0.1, -0.05) is 12.1 Å². The van der Waals surface area contributed by atoms with E-state index in [0.717, 1.165) is 18.4 Å². The fourth-order valence-electron chi connectivity index (χ4n) is 7.97. The van der Waals surface area contributed by atoms with Crippen LogP contribution in [0.5, 0.6) is 0 Å². The molecule has 2 aliphatic rings. The van der Waals surface area contributed by atoms with E-state index in [1.165, 1.54) is 16.0 Å². The van der Waals surface area contributed by atoms with Crippen LogP contribution in [-0.4, -0.2) is 59.9 Å². The lowest BCUT2D eigenvalue weighted by Crippen LogP contribution is -2.35. The van der Waals surface area contributed by atoms with Crippen molar-refractivity contribution >= 4 is 54.3 Å². The zero-order chi connectivity index (χ0) is 41.9. The highest BCUT2D eigenvalue weighted by Gasteiger charge is 2.68. The Labute approximate surface area is 332 Å². The number of halogens is 7. The van der Waals surface area contributed by atoms with Gasteiger partial charge in [-0.25, -0.2) is 27.2 Å². The van der Waals surface area contributed by atoms with Gasteiger partial charge in [0.15, 0.2) is 17.2 Å². The Hall–Kier alpha value is -5.90. The summed E-state index contributed by atoms with van der Waals surface area (Å²) >= 11 is 1.26. The molecule has 22 heteroatoms. The van der Waals surface area contributed by atoms with Crippen LogP contribution in [-0.2, 0) is 54.0 Å². The molecule has 3 atom stereocenters. The molecule has 0 aliphatic heterocycles. The third-order valence-corrected chi connectivity index (χ3v) is 11.9. The van der Waals surface area contributed by atoms with Gasteiger partial charge >= 0.3 is 6.18 Å². The molecule has 2 N–H and O–H groups in total. The SMILES string of the molecule is Cn1cc(-c2nc3nc(C(Cc4cc(F)cc(F)c4)NC(=O)Cn4nc(C(F)(F)F)c5c4C(F)(F)[C@@H]4C[C@H]54)c(-c4cccc5c(NS(C)(=O)=O)nn(C)c45)cc3s2)cn1. The van der Waals surface area contributed by atoms with Gasteiger partial charge in [-0.15, -0.1) is 11.3 Å². The monoisotopic (exact) mass is 858 g/mol. The highest BCUT2D eigenvalue weighted by Crippen LogP contribution is 2.68. The molecule has 7 aromatic rings. The molecule has 1 amide bonds. The Bertz CT molecular complexity index is 2970. The Kier molecular flexibility index (Phi) is 8.71. The standard InChI is InChI=1S/C37H29F7N10O3S2/c1-52-14-17(13-45-52)35-48-34-26(58-35)12-22(20-5-4-6-21-30(20)53(2)50-33(21)51-59(3,56)57)29(47-34)25(9-16-7-18(38)10-19(39)8-16)46-27(55)15-54-32-28(31(49-54)37(42,43)44)23-11-24(23)36(32,40)41/h4-8,10,12-14,23-25H,9,11,15H2,1-3H3,(H,46,55)(H,50,51)/t23-,24+,25?/m0/s1. The lowest BCUT2D eigenvalue weighted by atomic mass is 9.94. The molecule has 9 rings (SSSR count). The van der Waals surface area contributed by atoms with E-state index >= 15 is 8.78 Å². The van der Waals surface area contributed by atoms with Gasteiger partial charge in [0.1, 0.15) is 28.9 Å². The maximum atomic E-state index is 15.4. The number of carbonyl (C=O) groups is 1. The summed E-state index contributed by atoms with van der Waals surface area (Å²) in [6.07, 6.45) is -1.26. The summed E-state index contributed by atoms with van der Waals surface area (Å²) in [5, 5.41) is 15.6. The van der Waals surface area contributed by atoms with Crippen LogP contribution in [0.25, 0.3) is 42.9 Å². The molecule has 2 aromatic carbocycles. The first-order chi connectivity index (χ1) is 27.7. The highest BCUT2D eigenvalue weighted by molar-refractivity contribution is 7.92. The van der Waals surface area contributed by atoms with Gasteiger partial charge in [0.2, 0.25) is 15.9 Å². The number of hydrogen-bond acceptors (Lipinski definition) is 9. The molecule has 59 heavy (non-hydrogen) atoms. The highest BCUT2D eigenvalue weighted by atomic mass is 32.2. The molecule has 0 saturated heterocycles. The molecule has 306 valence electrons. The zero-order valence-electron chi connectivity index (χ0n) is 30.8. The Morgan fingerprint density at radius 2 is 1.80 bits per heavy atom. The number of para-hydroxylation sites is 1. The number of thiazole rings is 1. The van der Waals surface area contributed by atoms with Crippen molar-refractivity contribution in [3.8, 4) is 21.7 Å². The zero-order valence-corrected chi connectivity index (χ0v) is 32.4. The predicted molar refractivity (Wildman–Crippen MR) is 201 cm³/mol. The first-order valence-electron chi connectivity index (χ1n) is 17.8. The van der Waals surface area contributed by atoms with Crippen molar-refractivity contribution in [3.63, 3.8) is 0 Å². The summed E-state index contributed by atoms with van der Waals surface area (Å²) in [6.45, 7) is -1.06. The van der Waals surface area contributed by atoms with Crippen LogP contribution in [0.15, 0.2) is 54.9 Å². The third kappa shape index (κ3) is 6.86. The minimum absolute atomic E-state index is 0.0126. The number of alkyl halides is 5. The van der Waals surface area contributed by atoms with Crippen molar-refractivity contribution in [1.29, 1.82) is 0 Å². The van der Waals surface area contributed by atoms with Crippen molar-refractivity contribution in [1.82, 2.24) is 44.6 Å². The number of rotatable bonds is 10. The minimum Gasteiger partial charge on any atom is -0.346 e. The normalized spacial score (nSPS) is 17.7. The number of hydrogen-bond donors (Lipinski definition) is 2. The number of amides is 1. The quantitative estimate of drug-likeness (QED) is 0.142. The lowest BCUT2D eigenvalue weighted by Gasteiger charge is -2.23. The van der Waals surface area contributed by atoms with Crippen LogP contribution < -0.4 is 10.0 Å². The fraction of sp³-hybridized carbons (Fsp3) is 0.297. The third-order valence-electron chi connectivity index (χ3n) is 10.3. The van der Waals surface area contributed by atoms with E-state index in [0.29, 0.717) is 48.0 Å². The molecule has 2 aliphatic carbocycles. The summed E-state index contributed by atoms with van der Waals surface area (Å²) in [5.41, 5.74) is -0.969. The number of fused-ring (bicyclic) bond motifs is 5. The van der Waals surface area contributed by atoms with Gasteiger partial charge in [0.05, 0.1) is 34.4 Å². The summed E-state index contributed by atoms with van der Waals surface area (Å²) in [4.78, 5) is 23.6. The van der Waals surface area contributed by atoms with Crippen LogP contribution in [0.3, 0.4) is 0 Å². The molecule has 1 unspecified atom stereocenters. The van der Waals surface area contributed by atoms with Gasteiger partial charge in [-0.05, 0) is 48.6 Å². The second-order valence-electron chi connectivity index (χ2n) is 14.7. The Morgan fingerprint density at radius 3 is 2.47 bits per heavy atom. The Balaban J connectivity index is 1.21. The van der Waals surface area contributed by atoms with E-state index in [1.54, 1.807) is 55.4 Å². The number of anilines is 1. The molecule has 0 radical (unpaired) electrons. The number of aryl methyl sites for hydroxylation is 2. The van der Waals surface area contributed by atoms with Gasteiger partial charge in [-0.2, -0.15) is 37.2 Å². The van der Waals surface area contributed by atoms with Crippen LogP contribution in [0.2, 0.25) is 0 Å². The molecule has 13 nitrogen and oxygen atoms in total. The summed E-state index contributed by atoms with van der Waals surface area (Å²) in [6, 6.07) is 8.03. The predicted octanol–water partition coefficient (Wildman–Crippen LogP) is 6.82. The number of nitrogens with one attached hydrogen (secondary N) is 2. The lowest BCUT2D eigenvalue weighted by molar-refractivity contribution is -0.142. The van der Waals surface area contributed by atoms with Crippen LogP contribution in [0, 0.1) is 17.6 Å². The van der Waals surface area contributed by atoms with E-state index in [4.69, 9.17) is 9.97 Å². The van der Waals surface area contributed by atoms with E-state index in [-0.39, 0.29) is 35.6 Å². The molecule has 5 heterocycles. The number of nitrogens with zero attached hydrogens (tertiary/aromatic N) is 8. The first-order valence-corrected chi connectivity index (χ1v) is 20.5. The molecule has 1 fully saturated rings. The molecule has 0 spiro atoms. The van der Waals surface area contributed by atoms with Crippen molar-refractivity contribution in [2.45, 2.75) is 43.4 Å². The number of sulfonamides is 1. The van der Waals surface area contributed by atoms with Gasteiger partial charge in [0.25, 0.3) is 5.92 Å². The van der Waals surface area contributed by atoms with Crippen LogP contribution in [0.1, 0.15) is 46.6 Å². The van der Waals surface area contributed by atoms with Crippen LogP contribution in [0.4, 0.5) is 36.6 Å². The summed E-state index contributed by atoms with van der Waals surface area (Å²) < 4.78 is 133. The second kappa shape index (κ2) is 13.3. The maximum absolute atomic E-state index is 15.4. The van der Waals surface area contributed by atoms with Gasteiger partial charge < -0.3 is 5.32 Å². The molecule has 5 aromatic heterocycles. The first kappa shape index (κ1) is 38.6. The van der Waals surface area contributed by atoms with Gasteiger partial charge in [0, 0.05) is 59.9 Å². The van der Waals surface area contributed by atoms with Crippen molar-refractivity contribution in [2.75, 3.05) is 11.0 Å². The maximum Gasteiger partial charge on any atom is 0.435 e. The van der Waals surface area contributed by atoms with E-state index in [9.17, 15) is 35.2 Å². The van der Waals surface area contributed by atoms with E-state index < -0.39 is 81.0 Å².